The molecule has 3 atom stereocenters. The number of carbonyl (C=O) groups is 2. The molecule has 1 heterocycles. The van der Waals surface area contributed by atoms with Crippen molar-refractivity contribution in [2.45, 2.75) is 45.8 Å². The van der Waals surface area contributed by atoms with Gasteiger partial charge in [-0.25, -0.2) is 4.79 Å². The quantitative estimate of drug-likeness (QED) is 0.260. The molecule has 230 valence electrons. The Bertz CT molecular complexity index is 1580. The second-order valence-corrected chi connectivity index (χ2v) is 12.6. The van der Waals surface area contributed by atoms with Gasteiger partial charge in [0.05, 0.1) is 5.92 Å². The standard InChI is InChI=1S/C22H19Cl2NO3.C12H15NO3/c1-22(2)17(12-19(23)24)20(22)21(26)28-18(13-25)14-7-6-10-16(11-14)27-15-8-4-3-5-9-15;1-12(2)7-8-5-4-6-9(10(8)16-12)15-11(14)13-3/h3-12,17-18,20H,1-2H3;4-6H,7H2,1-3H3,(H,13,14). The molecule has 1 saturated carbocycles. The number of halogens is 2. The summed E-state index contributed by atoms with van der Waals surface area (Å²) in [5.74, 6) is 1.44. The average Bonchev–Trinajstić information content (AvgIpc) is 3.34. The largest absolute Gasteiger partial charge is 0.483 e. The van der Waals surface area contributed by atoms with Crippen LogP contribution in [-0.4, -0.2) is 24.7 Å². The molecule has 1 amide bonds. The summed E-state index contributed by atoms with van der Waals surface area (Å²) in [7, 11) is 1.52. The van der Waals surface area contributed by atoms with E-state index >= 15 is 0 Å². The van der Waals surface area contributed by atoms with Gasteiger partial charge in [0.25, 0.3) is 0 Å². The van der Waals surface area contributed by atoms with E-state index in [4.69, 9.17) is 42.1 Å². The number of hydrogen-bond acceptors (Lipinski definition) is 7. The van der Waals surface area contributed by atoms with Crippen LogP contribution in [0, 0.1) is 28.6 Å². The lowest BCUT2D eigenvalue weighted by Gasteiger charge is -2.17. The molecule has 10 heteroatoms. The van der Waals surface area contributed by atoms with Gasteiger partial charge in [-0.3, -0.25) is 4.79 Å². The number of benzene rings is 3. The molecule has 8 nitrogen and oxygen atoms in total. The van der Waals surface area contributed by atoms with Crippen molar-refractivity contribution >= 4 is 35.3 Å². The maximum absolute atomic E-state index is 12.6. The molecule has 3 aromatic rings. The monoisotopic (exact) mass is 636 g/mol. The lowest BCUT2D eigenvalue weighted by atomic mass is 10.0. The molecule has 1 aliphatic heterocycles. The molecule has 0 saturated heterocycles. The first-order valence-electron chi connectivity index (χ1n) is 14.0. The van der Waals surface area contributed by atoms with Crippen LogP contribution >= 0.6 is 23.2 Å². The second-order valence-electron chi connectivity index (χ2n) is 11.6. The van der Waals surface area contributed by atoms with Crippen LogP contribution in [0.2, 0.25) is 0 Å². The lowest BCUT2D eigenvalue weighted by Crippen LogP contribution is -2.25. The van der Waals surface area contributed by atoms with Crippen LogP contribution in [0.3, 0.4) is 0 Å². The van der Waals surface area contributed by atoms with Gasteiger partial charge >= 0.3 is 12.1 Å². The number of rotatable bonds is 7. The summed E-state index contributed by atoms with van der Waals surface area (Å²) in [4.78, 5) is 23.8. The van der Waals surface area contributed by atoms with Gasteiger partial charge in [0.15, 0.2) is 11.5 Å². The minimum absolute atomic E-state index is 0.114. The first-order chi connectivity index (χ1) is 20.8. The third-order valence-electron chi connectivity index (χ3n) is 7.42. The molecule has 0 aromatic heterocycles. The van der Waals surface area contributed by atoms with Crippen LogP contribution in [0.1, 0.15) is 44.9 Å². The van der Waals surface area contributed by atoms with Gasteiger partial charge in [-0.15, -0.1) is 0 Å². The van der Waals surface area contributed by atoms with E-state index < -0.39 is 18.2 Å². The first-order valence-corrected chi connectivity index (χ1v) is 14.8. The zero-order valence-electron chi connectivity index (χ0n) is 25.1. The van der Waals surface area contributed by atoms with E-state index in [9.17, 15) is 14.9 Å². The van der Waals surface area contributed by atoms with Crippen LogP contribution in [0.15, 0.2) is 83.4 Å². The summed E-state index contributed by atoms with van der Waals surface area (Å²) in [6, 6.07) is 23.9. The Morgan fingerprint density at radius 3 is 2.36 bits per heavy atom. The molecule has 3 unspecified atom stereocenters. The van der Waals surface area contributed by atoms with Crippen molar-refractivity contribution in [3.63, 3.8) is 0 Å². The molecule has 0 bridgehead atoms. The Labute approximate surface area is 267 Å². The van der Waals surface area contributed by atoms with Crippen molar-refractivity contribution in [2.24, 2.45) is 17.3 Å². The predicted molar refractivity (Wildman–Crippen MR) is 168 cm³/mol. The van der Waals surface area contributed by atoms with Crippen LogP contribution in [0.25, 0.3) is 0 Å². The summed E-state index contributed by atoms with van der Waals surface area (Å²) >= 11 is 11.5. The molecule has 1 aliphatic carbocycles. The lowest BCUT2D eigenvalue weighted by molar-refractivity contribution is -0.149. The molecular weight excluding hydrogens is 603 g/mol. The maximum atomic E-state index is 12.6. The van der Waals surface area contributed by atoms with Crippen LogP contribution < -0.4 is 19.5 Å². The Morgan fingerprint density at radius 1 is 1.02 bits per heavy atom. The SMILES string of the molecule is CC1(C)C(C=C(Cl)Cl)C1C(=O)OC(C#N)c1cccc(Oc2ccccc2)c1.CNC(=O)Oc1cccc2c1OC(C)(C)C2. The first kappa shape index (κ1) is 32.7. The van der Waals surface area contributed by atoms with Crippen molar-refractivity contribution in [1.29, 1.82) is 5.26 Å². The molecule has 0 spiro atoms. The summed E-state index contributed by atoms with van der Waals surface area (Å²) in [6.07, 6.45) is 0.957. The minimum atomic E-state index is -1.03. The highest BCUT2D eigenvalue weighted by atomic mass is 35.5. The van der Waals surface area contributed by atoms with Crippen molar-refractivity contribution < 1.29 is 28.5 Å². The van der Waals surface area contributed by atoms with Gasteiger partial charge in [-0.1, -0.05) is 79.5 Å². The highest BCUT2D eigenvalue weighted by Gasteiger charge is 2.62. The molecule has 3 aromatic carbocycles. The van der Waals surface area contributed by atoms with Gasteiger partial charge in [0.1, 0.15) is 27.7 Å². The number of ether oxygens (including phenoxy) is 4. The fourth-order valence-electron chi connectivity index (χ4n) is 5.12. The summed E-state index contributed by atoms with van der Waals surface area (Å²) in [5.41, 5.74) is 1.08. The molecule has 1 N–H and O–H groups in total. The van der Waals surface area contributed by atoms with Gasteiger partial charge in [0.2, 0.25) is 6.10 Å². The van der Waals surface area contributed by atoms with Crippen molar-refractivity contribution in [2.75, 3.05) is 7.05 Å². The number of fused-ring (bicyclic) bond motifs is 1. The fourth-order valence-corrected chi connectivity index (χ4v) is 5.39. The van der Waals surface area contributed by atoms with E-state index in [0.29, 0.717) is 28.6 Å². The average molecular weight is 638 g/mol. The Hall–Kier alpha value is -4.19. The fraction of sp³-hybridized carbons (Fsp3) is 0.324. The van der Waals surface area contributed by atoms with E-state index in [2.05, 4.69) is 5.32 Å². The van der Waals surface area contributed by atoms with Gasteiger partial charge in [0, 0.05) is 24.6 Å². The number of nitriles is 1. The third kappa shape index (κ3) is 8.04. The van der Waals surface area contributed by atoms with E-state index in [1.807, 2.05) is 76.2 Å². The summed E-state index contributed by atoms with van der Waals surface area (Å²) in [6.45, 7) is 7.90. The van der Waals surface area contributed by atoms with Crippen molar-refractivity contribution in [3.05, 3.63) is 94.5 Å². The van der Waals surface area contributed by atoms with E-state index in [-0.39, 0.29) is 27.3 Å². The number of allylic oxidation sites excluding steroid dienone is 1. The zero-order valence-corrected chi connectivity index (χ0v) is 26.6. The van der Waals surface area contributed by atoms with Crippen LogP contribution in [0.5, 0.6) is 23.0 Å². The van der Waals surface area contributed by atoms with Crippen molar-refractivity contribution in [3.8, 4) is 29.1 Å². The molecular formula is C34H34Cl2N2O6. The highest BCUT2D eigenvalue weighted by molar-refractivity contribution is 6.55. The van der Waals surface area contributed by atoms with Gasteiger partial charge in [-0.05, 0) is 61.6 Å². The maximum Gasteiger partial charge on any atom is 0.412 e. The smallest absolute Gasteiger partial charge is 0.412 e. The van der Waals surface area contributed by atoms with Gasteiger partial charge < -0.3 is 24.3 Å². The highest BCUT2D eigenvalue weighted by Crippen LogP contribution is 2.60. The number of para-hydroxylation sites is 2. The van der Waals surface area contributed by atoms with Crippen molar-refractivity contribution in [1.82, 2.24) is 5.32 Å². The zero-order chi connectivity index (χ0) is 32.1. The second kappa shape index (κ2) is 13.6. The van der Waals surface area contributed by atoms with E-state index in [1.54, 1.807) is 36.4 Å². The number of nitrogens with one attached hydrogen (secondary N) is 1. The summed E-state index contributed by atoms with van der Waals surface area (Å²) in [5, 5.41) is 11.9. The molecule has 0 radical (unpaired) electrons. The number of nitrogens with zero attached hydrogens (tertiary/aromatic N) is 1. The third-order valence-corrected chi connectivity index (χ3v) is 7.67. The van der Waals surface area contributed by atoms with E-state index in [1.165, 1.54) is 7.05 Å². The number of amides is 1. The Morgan fingerprint density at radius 2 is 1.70 bits per heavy atom. The van der Waals surface area contributed by atoms with Crippen LogP contribution in [0.4, 0.5) is 4.79 Å². The topological polar surface area (TPSA) is 107 Å². The minimum Gasteiger partial charge on any atom is -0.483 e. The predicted octanol–water partition coefficient (Wildman–Crippen LogP) is 8.30. The molecule has 5 rings (SSSR count). The van der Waals surface area contributed by atoms with Gasteiger partial charge in [-0.2, -0.15) is 5.26 Å². The molecule has 2 aliphatic rings. The Balaban J connectivity index is 0.000000233. The number of esters is 1. The number of hydrogen-bond donors (Lipinski definition) is 1. The number of carbonyl (C=O) groups excluding carboxylic acids is 2. The van der Waals surface area contributed by atoms with Crippen LogP contribution in [-0.2, 0) is 16.0 Å². The molecule has 44 heavy (non-hydrogen) atoms. The normalized spacial score (nSPS) is 18.9. The molecule has 1 fully saturated rings. The Kier molecular flexibility index (Phi) is 10.1. The summed E-state index contributed by atoms with van der Waals surface area (Å²) < 4.78 is 22.3. The van der Waals surface area contributed by atoms with E-state index in [0.717, 1.165) is 12.0 Å².